The number of ether oxygens (including phenoxy) is 1. The van der Waals surface area contributed by atoms with Crippen LogP contribution in [0.1, 0.15) is 51.6 Å². The highest BCUT2D eigenvalue weighted by atomic mass is 16.6. The summed E-state index contributed by atoms with van der Waals surface area (Å²) in [6.45, 7) is 9.28. The summed E-state index contributed by atoms with van der Waals surface area (Å²) >= 11 is 0. The van der Waals surface area contributed by atoms with E-state index in [1.165, 1.54) is 51.3 Å². The van der Waals surface area contributed by atoms with Crippen molar-refractivity contribution < 1.29 is 19.4 Å². The third kappa shape index (κ3) is 6.63. The second kappa shape index (κ2) is 8.98. The first-order valence-electron chi connectivity index (χ1n) is 9.09. The van der Waals surface area contributed by atoms with Crippen molar-refractivity contribution in [2.45, 2.75) is 51.7 Å². The molecule has 1 aromatic rings. The predicted octanol–water partition coefficient (Wildman–Crippen LogP) is 2.83. The Hall–Kier alpha value is -2.15. The molecule has 2 N–H and O–H groups in total. The van der Waals surface area contributed by atoms with Gasteiger partial charge in [-0.1, -0.05) is 6.07 Å². The van der Waals surface area contributed by atoms with Crippen LogP contribution in [0.25, 0.3) is 0 Å². The first-order chi connectivity index (χ1) is 12.2. The normalized spacial score (nSPS) is 22.6. The molecule has 0 saturated carbocycles. The van der Waals surface area contributed by atoms with E-state index in [-0.39, 0.29) is 0 Å². The number of alkyl carbamates (subject to hydrolysis) is 1. The lowest BCUT2D eigenvalue weighted by molar-refractivity contribution is -0.139. The van der Waals surface area contributed by atoms with Gasteiger partial charge in [-0.25, -0.2) is 9.59 Å². The van der Waals surface area contributed by atoms with Gasteiger partial charge in [0.2, 0.25) is 0 Å². The molecule has 0 aliphatic carbocycles. The van der Waals surface area contributed by atoms with E-state index in [0.717, 1.165) is 5.92 Å². The lowest BCUT2D eigenvalue weighted by Gasteiger charge is -2.38. The van der Waals surface area contributed by atoms with E-state index < -0.39 is 23.7 Å². The van der Waals surface area contributed by atoms with Gasteiger partial charge in [-0.2, -0.15) is 0 Å². The number of hydrogen-bond acceptors (Lipinski definition) is 5. The summed E-state index contributed by atoms with van der Waals surface area (Å²) in [5.74, 6) is -0.0612. The molecule has 3 fully saturated rings. The van der Waals surface area contributed by atoms with E-state index >= 15 is 0 Å². The van der Waals surface area contributed by atoms with Crippen LogP contribution in [-0.4, -0.2) is 52.3 Å². The number of amides is 1. The SMILES string of the molecule is C1CN2CCC1CC2.CC(C)(C)OC(=O)NC(C(=O)O)c1cccnc1. The molecule has 2 bridgehead atoms. The average Bonchev–Trinajstić information content (AvgIpc) is 2.61. The standard InChI is InChI=1S/C12H16N2O4.C7H13N/c1-12(2,3)18-11(17)14-9(10(15)16)8-5-4-6-13-7-8;1-4-8-5-2-7(1)3-6-8/h4-7,9H,1-3H3,(H,14,17)(H,15,16);7H,1-6H2. The van der Waals surface area contributed by atoms with Gasteiger partial charge in [0, 0.05) is 18.0 Å². The average molecular weight is 363 g/mol. The van der Waals surface area contributed by atoms with Crippen LogP contribution in [0, 0.1) is 5.92 Å². The van der Waals surface area contributed by atoms with E-state index in [1.54, 1.807) is 32.9 Å². The van der Waals surface area contributed by atoms with Crippen LogP contribution >= 0.6 is 0 Å². The maximum absolute atomic E-state index is 11.5. The Kier molecular flexibility index (Phi) is 6.97. The molecule has 4 rings (SSSR count). The summed E-state index contributed by atoms with van der Waals surface area (Å²) < 4.78 is 5.01. The summed E-state index contributed by atoms with van der Waals surface area (Å²) in [6, 6.07) is 2.00. The number of fused-ring (bicyclic) bond motifs is 3. The number of pyridine rings is 1. The minimum Gasteiger partial charge on any atom is -0.479 e. The zero-order valence-corrected chi connectivity index (χ0v) is 15.8. The third-order valence-electron chi connectivity index (χ3n) is 4.49. The van der Waals surface area contributed by atoms with Gasteiger partial charge in [-0.3, -0.25) is 4.98 Å². The first kappa shape index (κ1) is 20.2. The molecule has 3 saturated heterocycles. The number of nitrogens with zero attached hydrogens (tertiary/aromatic N) is 2. The Bertz CT molecular complexity index is 570. The van der Waals surface area contributed by atoms with Crippen LogP contribution in [0.15, 0.2) is 24.5 Å². The molecule has 0 spiro atoms. The number of carboxylic acid groups (broad SMARTS) is 1. The number of rotatable bonds is 3. The van der Waals surface area contributed by atoms with Crippen molar-refractivity contribution in [3.63, 3.8) is 0 Å². The quantitative estimate of drug-likeness (QED) is 0.858. The van der Waals surface area contributed by atoms with Gasteiger partial charge in [0.05, 0.1) is 0 Å². The lowest BCUT2D eigenvalue weighted by atomic mass is 9.89. The van der Waals surface area contributed by atoms with Crippen molar-refractivity contribution in [1.29, 1.82) is 0 Å². The fourth-order valence-electron chi connectivity index (χ4n) is 3.12. The number of carbonyl (C=O) groups excluding carboxylic acids is 1. The van der Waals surface area contributed by atoms with E-state index in [4.69, 9.17) is 9.84 Å². The maximum atomic E-state index is 11.5. The molecule has 4 heterocycles. The van der Waals surface area contributed by atoms with E-state index in [2.05, 4.69) is 15.2 Å². The van der Waals surface area contributed by atoms with Crippen LogP contribution < -0.4 is 5.32 Å². The van der Waals surface area contributed by atoms with Crippen LogP contribution in [-0.2, 0) is 9.53 Å². The molecule has 1 atom stereocenters. The molecule has 3 aliphatic heterocycles. The lowest BCUT2D eigenvalue weighted by Crippen LogP contribution is -2.41. The zero-order chi connectivity index (χ0) is 19.2. The van der Waals surface area contributed by atoms with Gasteiger partial charge in [0.1, 0.15) is 5.60 Å². The van der Waals surface area contributed by atoms with E-state index in [9.17, 15) is 9.59 Å². The Morgan fingerprint density at radius 1 is 1.27 bits per heavy atom. The van der Waals surface area contributed by atoms with Crippen LogP contribution in [0.5, 0.6) is 0 Å². The van der Waals surface area contributed by atoms with Crippen LogP contribution in [0.3, 0.4) is 0 Å². The van der Waals surface area contributed by atoms with Gasteiger partial charge < -0.3 is 20.1 Å². The largest absolute Gasteiger partial charge is 0.479 e. The van der Waals surface area contributed by atoms with Crippen molar-refractivity contribution in [3.8, 4) is 0 Å². The minimum atomic E-state index is -1.17. The fraction of sp³-hybridized carbons (Fsp3) is 0.632. The second-order valence-corrected chi connectivity index (χ2v) is 7.78. The topological polar surface area (TPSA) is 91.8 Å². The molecule has 26 heavy (non-hydrogen) atoms. The number of carboxylic acids is 1. The predicted molar refractivity (Wildman–Crippen MR) is 97.8 cm³/mol. The second-order valence-electron chi connectivity index (χ2n) is 7.78. The highest BCUT2D eigenvalue weighted by Crippen LogP contribution is 2.26. The Balaban J connectivity index is 0.000000247. The van der Waals surface area contributed by atoms with E-state index in [1.807, 2.05) is 0 Å². The minimum absolute atomic E-state index is 0.385. The first-order valence-corrected chi connectivity index (χ1v) is 9.09. The number of nitrogens with one attached hydrogen (secondary N) is 1. The third-order valence-corrected chi connectivity index (χ3v) is 4.49. The molecule has 7 nitrogen and oxygen atoms in total. The Labute approximate surface area is 154 Å². The molecule has 0 radical (unpaired) electrons. The van der Waals surface area contributed by atoms with Gasteiger partial charge >= 0.3 is 12.1 Å². The van der Waals surface area contributed by atoms with Crippen LogP contribution in [0.4, 0.5) is 4.79 Å². The molecule has 3 aliphatic rings. The molecular formula is C19H29N3O4. The number of carbonyl (C=O) groups is 2. The molecule has 1 unspecified atom stereocenters. The van der Waals surface area contributed by atoms with Crippen molar-refractivity contribution in [2.75, 3.05) is 19.6 Å². The van der Waals surface area contributed by atoms with Crippen LogP contribution in [0.2, 0.25) is 0 Å². The van der Waals surface area contributed by atoms with Crippen molar-refractivity contribution in [2.24, 2.45) is 5.92 Å². The number of aliphatic carboxylic acids is 1. The molecule has 1 aromatic heterocycles. The van der Waals surface area contributed by atoms with Gasteiger partial charge in [-0.15, -0.1) is 0 Å². The monoisotopic (exact) mass is 363 g/mol. The highest BCUT2D eigenvalue weighted by molar-refractivity contribution is 5.81. The van der Waals surface area contributed by atoms with Gasteiger partial charge in [0.15, 0.2) is 6.04 Å². The van der Waals surface area contributed by atoms with Crippen molar-refractivity contribution in [1.82, 2.24) is 15.2 Å². The Morgan fingerprint density at radius 3 is 2.23 bits per heavy atom. The molecule has 0 aromatic carbocycles. The maximum Gasteiger partial charge on any atom is 0.408 e. The summed E-state index contributed by atoms with van der Waals surface area (Å²) in [5.41, 5.74) is -0.293. The van der Waals surface area contributed by atoms with E-state index in [0.29, 0.717) is 5.56 Å². The van der Waals surface area contributed by atoms with Crippen molar-refractivity contribution in [3.05, 3.63) is 30.1 Å². The number of piperidine rings is 3. The summed E-state index contributed by atoms with van der Waals surface area (Å²) in [6.07, 6.45) is 6.59. The van der Waals surface area contributed by atoms with Gasteiger partial charge in [-0.05, 0) is 71.7 Å². The molecule has 1 amide bonds. The summed E-state index contributed by atoms with van der Waals surface area (Å²) in [7, 11) is 0. The van der Waals surface area contributed by atoms with Gasteiger partial charge in [0.25, 0.3) is 0 Å². The highest BCUT2D eigenvalue weighted by Gasteiger charge is 2.25. The molecule has 7 heteroatoms. The molecule has 144 valence electrons. The molecular weight excluding hydrogens is 334 g/mol. The smallest absolute Gasteiger partial charge is 0.408 e. The Morgan fingerprint density at radius 2 is 1.88 bits per heavy atom. The zero-order valence-electron chi connectivity index (χ0n) is 15.8. The number of aromatic nitrogens is 1. The number of hydrogen-bond donors (Lipinski definition) is 2. The summed E-state index contributed by atoms with van der Waals surface area (Å²) in [5, 5.41) is 11.4. The summed E-state index contributed by atoms with van der Waals surface area (Å²) in [4.78, 5) is 29.0. The fourth-order valence-corrected chi connectivity index (χ4v) is 3.12. The van der Waals surface area contributed by atoms with Crippen molar-refractivity contribution >= 4 is 12.1 Å².